The summed E-state index contributed by atoms with van der Waals surface area (Å²) in [7, 11) is 5.72. The molecule has 4 nitrogen and oxygen atoms in total. The zero-order valence-electron chi connectivity index (χ0n) is 8.95. The van der Waals surface area contributed by atoms with E-state index in [1.54, 1.807) is 13.3 Å². The third kappa shape index (κ3) is 3.62. The molecule has 14 heavy (non-hydrogen) atoms. The third-order valence-electron chi connectivity index (χ3n) is 1.84. The summed E-state index contributed by atoms with van der Waals surface area (Å²) in [5.74, 6) is 1.66. The molecule has 1 aromatic heterocycles. The summed E-state index contributed by atoms with van der Waals surface area (Å²) in [5, 5.41) is 3.22. The quantitative estimate of drug-likeness (QED) is 0.762. The average molecular weight is 195 g/mol. The molecule has 1 aromatic rings. The van der Waals surface area contributed by atoms with Crippen LogP contribution in [0.3, 0.4) is 0 Å². The maximum Gasteiger partial charge on any atom is 0.137 e. The summed E-state index contributed by atoms with van der Waals surface area (Å²) < 4.78 is 5.01. The second-order valence-corrected chi connectivity index (χ2v) is 3.31. The van der Waals surface area contributed by atoms with Crippen LogP contribution in [0.15, 0.2) is 18.3 Å². The molecule has 0 amide bonds. The number of methoxy groups -OCH3 is 1. The lowest BCUT2D eigenvalue weighted by molar-refractivity contribution is 0.413. The predicted octanol–water partition coefficient (Wildman–Crippen LogP) is 1.06. The third-order valence-corrected chi connectivity index (χ3v) is 1.84. The molecular formula is C10H17N3O. The van der Waals surface area contributed by atoms with Crippen LogP contribution in [0.1, 0.15) is 0 Å². The highest BCUT2D eigenvalue weighted by Crippen LogP contribution is 2.10. The maximum atomic E-state index is 5.01. The lowest BCUT2D eigenvalue weighted by atomic mass is 10.4. The standard InChI is InChI=1S/C10H17N3O/c1-13(2)7-6-11-10-5-4-9(14-3)8-12-10/h4-5,8H,6-7H2,1-3H3,(H,11,12). The maximum absolute atomic E-state index is 5.01. The molecule has 0 aliphatic rings. The summed E-state index contributed by atoms with van der Waals surface area (Å²) in [5.41, 5.74) is 0. The number of likely N-dealkylation sites (N-methyl/N-ethyl adjacent to an activating group) is 1. The smallest absolute Gasteiger partial charge is 0.137 e. The fourth-order valence-corrected chi connectivity index (χ4v) is 1.01. The number of nitrogens with zero attached hydrogens (tertiary/aromatic N) is 2. The van der Waals surface area contributed by atoms with Gasteiger partial charge in [0.25, 0.3) is 0 Å². The van der Waals surface area contributed by atoms with Crippen LogP contribution in [-0.4, -0.2) is 44.2 Å². The number of aromatic nitrogens is 1. The van der Waals surface area contributed by atoms with E-state index >= 15 is 0 Å². The topological polar surface area (TPSA) is 37.4 Å². The molecule has 4 heteroatoms. The van der Waals surface area contributed by atoms with Crippen molar-refractivity contribution in [1.82, 2.24) is 9.88 Å². The van der Waals surface area contributed by atoms with Crippen molar-refractivity contribution in [3.05, 3.63) is 18.3 Å². The van der Waals surface area contributed by atoms with E-state index in [0.29, 0.717) is 0 Å². The monoisotopic (exact) mass is 195 g/mol. The number of pyridine rings is 1. The molecule has 0 unspecified atom stereocenters. The van der Waals surface area contributed by atoms with E-state index in [4.69, 9.17) is 4.74 Å². The highest BCUT2D eigenvalue weighted by Gasteiger charge is 1.95. The Labute approximate surface area is 84.9 Å². The highest BCUT2D eigenvalue weighted by molar-refractivity contribution is 5.37. The summed E-state index contributed by atoms with van der Waals surface area (Å²) in [6, 6.07) is 3.81. The van der Waals surface area contributed by atoms with Crippen molar-refractivity contribution in [2.24, 2.45) is 0 Å². The molecule has 0 aromatic carbocycles. The van der Waals surface area contributed by atoms with E-state index in [0.717, 1.165) is 24.7 Å². The Morgan fingerprint density at radius 3 is 2.71 bits per heavy atom. The lowest BCUT2D eigenvalue weighted by Crippen LogP contribution is -2.21. The van der Waals surface area contributed by atoms with Gasteiger partial charge < -0.3 is 15.0 Å². The number of rotatable bonds is 5. The Balaban J connectivity index is 2.36. The van der Waals surface area contributed by atoms with Crippen molar-refractivity contribution < 1.29 is 4.74 Å². The molecule has 0 aliphatic heterocycles. The number of nitrogens with one attached hydrogen (secondary N) is 1. The Morgan fingerprint density at radius 1 is 1.43 bits per heavy atom. The van der Waals surface area contributed by atoms with E-state index in [9.17, 15) is 0 Å². The molecule has 78 valence electrons. The first-order valence-corrected chi connectivity index (χ1v) is 4.61. The molecule has 0 fully saturated rings. The minimum absolute atomic E-state index is 0.781. The molecule has 0 radical (unpaired) electrons. The van der Waals surface area contributed by atoms with E-state index in [1.165, 1.54) is 0 Å². The van der Waals surface area contributed by atoms with Crippen molar-refractivity contribution in [1.29, 1.82) is 0 Å². The molecule has 0 saturated heterocycles. The van der Waals surface area contributed by atoms with Gasteiger partial charge in [-0.2, -0.15) is 0 Å². The molecular weight excluding hydrogens is 178 g/mol. The Kier molecular flexibility index (Phi) is 4.19. The molecule has 0 saturated carbocycles. The van der Waals surface area contributed by atoms with Crippen LogP contribution in [0.25, 0.3) is 0 Å². The normalized spacial score (nSPS) is 10.3. The van der Waals surface area contributed by atoms with Gasteiger partial charge in [-0.25, -0.2) is 4.98 Å². The molecule has 1 rings (SSSR count). The van der Waals surface area contributed by atoms with Crippen molar-refractivity contribution in [2.75, 3.05) is 39.6 Å². The Morgan fingerprint density at radius 2 is 2.21 bits per heavy atom. The van der Waals surface area contributed by atoms with Gasteiger partial charge in [0.05, 0.1) is 13.3 Å². The molecule has 0 bridgehead atoms. The van der Waals surface area contributed by atoms with E-state index < -0.39 is 0 Å². The molecule has 0 spiro atoms. The van der Waals surface area contributed by atoms with Crippen LogP contribution in [0, 0.1) is 0 Å². The van der Waals surface area contributed by atoms with Gasteiger partial charge in [0.15, 0.2) is 0 Å². The van der Waals surface area contributed by atoms with Crippen molar-refractivity contribution in [3.63, 3.8) is 0 Å². The summed E-state index contributed by atoms with van der Waals surface area (Å²) >= 11 is 0. The van der Waals surface area contributed by atoms with Gasteiger partial charge in [-0.15, -0.1) is 0 Å². The second kappa shape index (κ2) is 5.44. The van der Waals surface area contributed by atoms with Crippen LogP contribution >= 0.6 is 0 Å². The predicted molar refractivity (Wildman–Crippen MR) is 57.8 cm³/mol. The van der Waals surface area contributed by atoms with Gasteiger partial charge >= 0.3 is 0 Å². The zero-order chi connectivity index (χ0) is 10.4. The van der Waals surface area contributed by atoms with Gasteiger partial charge in [0.2, 0.25) is 0 Å². The van der Waals surface area contributed by atoms with E-state index in [-0.39, 0.29) is 0 Å². The number of anilines is 1. The summed E-state index contributed by atoms with van der Waals surface area (Å²) in [6.07, 6.45) is 1.71. The Bertz CT molecular complexity index is 259. The van der Waals surface area contributed by atoms with Crippen LogP contribution in [0.2, 0.25) is 0 Å². The minimum Gasteiger partial charge on any atom is -0.495 e. The van der Waals surface area contributed by atoms with Crippen LogP contribution in [0.4, 0.5) is 5.82 Å². The van der Waals surface area contributed by atoms with Crippen molar-refractivity contribution in [3.8, 4) is 5.75 Å². The largest absolute Gasteiger partial charge is 0.495 e. The first kappa shape index (κ1) is 10.8. The van der Waals surface area contributed by atoms with Crippen LogP contribution in [0.5, 0.6) is 5.75 Å². The molecule has 1 N–H and O–H groups in total. The summed E-state index contributed by atoms with van der Waals surface area (Å²) in [6.45, 7) is 1.89. The van der Waals surface area contributed by atoms with Gasteiger partial charge in [-0.1, -0.05) is 0 Å². The first-order chi connectivity index (χ1) is 6.72. The lowest BCUT2D eigenvalue weighted by Gasteiger charge is -2.10. The van der Waals surface area contributed by atoms with Gasteiger partial charge in [0.1, 0.15) is 11.6 Å². The first-order valence-electron chi connectivity index (χ1n) is 4.61. The van der Waals surface area contributed by atoms with Gasteiger partial charge in [0, 0.05) is 13.1 Å². The molecule has 1 heterocycles. The SMILES string of the molecule is COc1ccc(NCCN(C)C)nc1. The van der Waals surface area contributed by atoms with Crippen molar-refractivity contribution in [2.45, 2.75) is 0 Å². The minimum atomic E-state index is 0.781. The summed E-state index contributed by atoms with van der Waals surface area (Å²) in [4.78, 5) is 6.31. The Hall–Kier alpha value is -1.29. The fraction of sp³-hybridized carbons (Fsp3) is 0.500. The number of ether oxygens (including phenoxy) is 1. The van der Waals surface area contributed by atoms with Crippen LogP contribution in [-0.2, 0) is 0 Å². The van der Waals surface area contributed by atoms with Crippen LogP contribution < -0.4 is 10.1 Å². The average Bonchev–Trinajstić information content (AvgIpc) is 2.18. The number of hydrogen-bond donors (Lipinski definition) is 1. The highest BCUT2D eigenvalue weighted by atomic mass is 16.5. The van der Waals surface area contributed by atoms with E-state index in [1.807, 2.05) is 26.2 Å². The number of hydrogen-bond acceptors (Lipinski definition) is 4. The van der Waals surface area contributed by atoms with E-state index in [2.05, 4.69) is 15.2 Å². The molecule has 0 aliphatic carbocycles. The van der Waals surface area contributed by atoms with Gasteiger partial charge in [-0.3, -0.25) is 0 Å². The molecule has 0 atom stereocenters. The van der Waals surface area contributed by atoms with Gasteiger partial charge in [-0.05, 0) is 26.2 Å². The second-order valence-electron chi connectivity index (χ2n) is 3.31. The fourth-order valence-electron chi connectivity index (χ4n) is 1.01. The zero-order valence-corrected chi connectivity index (χ0v) is 8.95. The van der Waals surface area contributed by atoms with Crippen molar-refractivity contribution >= 4 is 5.82 Å².